The van der Waals surface area contributed by atoms with Gasteiger partial charge in [0.25, 0.3) is 0 Å². The molecule has 0 bridgehead atoms. The second-order valence-electron chi connectivity index (χ2n) is 5.54. The lowest BCUT2D eigenvalue weighted by molar-refractivity contribution is 0.0903. The third kappa shape index (κ3) is 2.98. The van der Waals surface area contributed by atoms with E-state index in [0.29, 0.717) is 0 Å². The smallest absolute Gasteiger partial charge is 0.116 e. The summed E-state index contributed by atoms with van der Waals surface area (Å²) in [6.07, 6.45) is 2.68. The highest BCUT2D eigenvalue weighted by Gasteiger charge is 2.33. The van der Waals surface area contributed by atoms with E-state index in [9.17, 15) is 5.26 Å². The standard InChI is InChI=1S/C13H24N4/c1-3-15-13(2,10-14)11-16-7-8-17-6-4-5-12(17)9-16/h12,15H,3-9,11H2,1-2H3. The number of nitriles is 1. The second-order valence-corrected chi connectivity index (χ2v) is 5.54. The summed E-state index contributed by atoms with van der Waals surface area (Å²) in [6, 6.07) is 3.16. The molecule has 1 N–H and O–H groups in total. The molecule has 2 aliphatic heterocycles. The molecule has 2 fully saturated rings. The molecule has 17 heavy (non-hydrogen) atoms. The van der Waals surface area contributed by atoms with Crippen molar-refractivity contribution in [2.45, 2.75) is 38.3 Å². The summed E-state index contributed by atoms with van der Waals surface area (Å²) in [7, 11) is 0. The Morgan fingerprint density at radius 2 is 2.24 bits per heavy atom. The molecule has 2 heterocycles. The van der Waals surface area contributed by atoms with Crippen molar-refractivity contribution in [1.82, 2.24) is 15.1 Å². The van der Waals surface area contributed by atoms with E-state index in [0.717, 1.165) is 32.2 Å². The molecule has 2 unspecified atom stereocenters. The largest absolute Gasteiger partial charge is 0.299 e. The highest BCUT2D eigenvalue weighted by molar-refractivity contribution is 5.06. The van der Waals surface area contributed by atoms with Crippen LogP contribution < -0.4 is 5.32 Å². The van der Waals surface area contributed by atoms with Gasteiger partial charge in [0.05, 0.1) is 6.07 Å². The predicted octanol–water partition coefficient (Wildman–Crippen LogP) is 0.658. The number of fused-ring (bicyclic) bond motifs is 1. The minimum absolute atomic E-state index is 0.393. The van der Waals surface area contributed by atoms with Crippen molar-refractivity contribution in [2.24, 2.45) is 0 Å². The van der Waals surface area contributed by atoms with E-state index in [-0.39, 0.29) is 0 Å². The minimum Gasteiger partial charge on any atom is -0.299 e. The monoisotopic (exact) mass is 236 g/mol. The van der Waals surface area contributed by atoms with Crippen LogP contribution in [0.1, 0.15) is 26.7 Å². The number of hydrogen-bond donors (Lipinski definition) is 1. The molecule has 0 aromatic heterocycles. The van der Waals surface area contributed by atoms with Crippen LogP contribution in [0.3, 0.4) is 0 Å². The quantitative estimate of drug-likeness (QED) is 0.778. The van der Waals surface area contributed by atoms with E-state index in [1.54, 1.807) is 0 Å². The second kappa shape index (κ2) is 5.34. The van der Waals surface area contributed by atoms with Crippen molar-refractivity contribution < 1.29 is 0 Å². The fraction of sp³-hybridized carbons (Fsp3) is 0.923. The minimum atomic E-state index is -0.393. The average Bonchev–Trinajstić information content (AvgIpc) is 2.76. The van der Waals surface area contributed by atoms with Gasteiger partial charge in [-0.15, -0.1) is 0 Å². The number of hydrogen-bond acceptors (Lipinski definition) is 4. The Hall–Kier alpha value is -0.630. The van der Waals surface area contributed by atoms with E-state index in [4.69, 9.17) is 0 Å². The molecule has 0 aromatic rings. The zero-order chi connectivity index (χ0) is 12.3. The van der Waals surface area contributed by atoms with Crippen molar-refractivity contribution in [3.8, 4) is 6.07 Å². The van der Waals surface area contributed by atoms with Gasteiger partial charge in [0, 0.05) is 32.2 Å². The van der Waals surface area contributed by atoms with Gasteiger partial charge in [0.15, 0.2) is 0 Å². The summed E-state index contributed by atoms with van der Waals surface area (Å²) in [6.45, 7) is 10.5. The van der Waals surface area contributed by atoms with Crippen molar-refractivity contribution in [1.29, 1.82) is 5.26 Å². The van der Waals surface area contributed by atoms with Gasteiger partial charge in [-0.3, -0.25) is 15.1 Å². The average molecular weight is 236 g/mol. The van der Waals surface area contributed by atoms with Crippen molar-refractivity contribution >= 4 is 0 Å². The molecule has 0 amide bonds. The van der Waals surface area contributed by atoms with Crippen molar-refractivity contribution in [3.05, 3.63) is 0 Å². The first-order chi connectivity index (χ1) is 8.17. The molecule has 0 aromatic carbocycles. The Morgan fingerprint density at radius 1 is 1.41 bits per heavy atom. The Labute approximate surface area is 105 Å². The fourth-order valence-electron chi connectivity index (χ4n) is 3.17. The Balaban J connectivity index is 1.89. The van der Waals surface area contributed by atoms with Gasteiger partial charge in [0.1, 0.15) is 5.54 Å². The van der Waals surface area contributed by atoms with E-state index < -0.39 is 5.54 Å². The number of nitrogens with one attached hydrogen (secondary N) is 1. The highest BCUT2D eigenvalue weighted by atomic mass is 15.3. The van der Waals surface area contributed by atoms with Crippen LogP contribution in [0.5, 0.6) is 0 Å². The summed E-state index contributed by atoms with van der Waals surface area (Å²) < 4.78 is 0. The maximum absolute atomic E-state index is 9.28. The Bertz CT molecular complexity index is 298. The van der Waals surface area contributed by atoms with Crippen LogP contribution in [0.15, 0.2) is 0 Å². The zero-order valence-electron chi connectivity index (χ0n) is 11.1. The lowest BCUT2D eigenvalue weighted by Gasteiger charge is -2.40. The number of rotatable bonds is 4. The van der Waals surface area contributed by atoms with Gasteiger partial charge in [-0.1, -0.05) is 6.92 Å². The van der Waals surface area contributed by atoms with Crippen LogP contribution in [-0.2, 0) is 0 Å². The van der Waals surface area contributed by atoms with Crippen LogP contribution in [0.2, 0.25) is 0 Å². The first kappa shape index (κ1) is 12.8. The van der Waals surface area contributed by atoms with Crippen LogP contribution in [-0.4, -0.2) is 60.6 Å². The van der Waals surface area contributed by atoms with E-state index in [2.05, 4.69) is 28.1 Å². The molecule has 0 aliphatic carbocycles. The summed E-state index contributed by atoms with van der Waals surface area (Å²) in [5.41, 5.74) is -0.393. The van der Waals surface area contributed by atoms with Gasteiger partial charge in [-0.2, -0.15) is 5.26 Å². The third-order valence-corrected chi connectivity index (χ3v) is 4.03. The summed E-state index contributed by atoms with van der Waals surface area (Å²) >= 11 is 0. The van der Waals surface area contributed by atoms with Gasteiger partial charge in [0.2, 0.25) is 0 Å². The number of piperazine rings is 1. The molecule has 96 valence electrons. The summed E-state index contributed by atoms with van der Waals surface area (Å²) in [5.74, 6) is 0. The molecule has 4 nitrogen and oxygen atoms in total. The van der Waals surface area contributed by atoms with Crippen molar-refractivity contribution in [2.75, 3.05) is 39.3 Å². The van der Waals surface area contributed by atoms with Crippen LogP contribution >= 0.6 is 0 Å². The fourth-order valence-corrected chi connectivity index (χ4v) is 3.17. The lowest BCUT2D eigenvalue weighted by atomic mass is 10.0. The van der Waals surface area contributed by atoms with E-state index in [1.165, 1.54) is 25.9 Å². The Kier molecular flexibility index (Phi) is 4.03. The molecule has 0 saturated carbocycles. The maximum Gasteiger partial charge on any atom is 0.116 e. The predicted molar refractivity (Wildman–Crippen MR) is 68.7 cm³/mol. The molecule has 2 atom stereocenters. The molecule has 0 radical (unpaired) electrons. The van der Waals surface area contributed by atoms with E-state index in [1.807, 2.05) is 6.92 Å². The first-order valence-electron chi connectivity index (χ1n) is 6.79. The van der Waals surface area contributed by atoms with Crippen LogP contribution in [0.25, 0.3) is 0 Å². The number of likely N-dealkylation sites (N-methyl/N-ethyl adjacent to an activating group) is 1. The molecule has 4 heteroatoms. The van der Waals surface area contributed by atoms with Crippen molar-refractivity contribution in [3.63, 3.8) is 0 Å². The molecule has 0 spiro atoms. The van der Waals surface area contributed by atoms with E-state index >= 15 is 0 Å². The molecule has 2 saturated heterocycles. The zero-order valence-corrected chi connectivity index (χ0v) is 11.1. The molecular formula is C13H24N4. The van der Waals surface area contributed by atoms with Crippen LogP contribution in [0.4, 0.5) is 0 Å². The SMILES string of the molecule is CCNC(C)(C#N)CN1CCN2CCCC2C1. The maximum atomic E-state index is 9.28. The number of nitrogens with zero attached hydrogens (tertiary/aromatic N) is 3. The Morgan fingerprint density at radius 3 is 2.94 bits per heavy atom. The van der Waals surface area contributed by atoms with Gasteiger partial charge < -0.3 is 0 Å². The van der Waals surface area contributed by atoms with Gasteiger partial charge >= 0.3 is 0 Å². The van der Waals surface area contributed by atoms with Gasteiger partial charge in [-0.25, -0.2) is 0 Å². The third-order valence-electron chi connectivity index (χ3n) is 4.03. The van der Waals surface area contributed by atoms with Crippen LogP contribution in [0, 0.1) is 11.3 Å². The molecule has 2 aliphatic rings. The molecule has 2 rings (SSSR count). The summed E-state index contributed by atoms with van der Waals surface area (Å²) in [4.78, 5) is 5.06. The lowest BCUT2D eigenvalue weighted by Crippen LogP contribution is -2.57. The first-order valence-corrected chi connectivity index (χ1v) is 6.79. The normalized spacial score (nSPS) is 29.6. The molecular weight excluding hydrogens is 212 g/mol. The highest BCUT2D eigenvalue weighted by Crippen LogP contribution is 2.22. The van der Waals surface area contributed by atoms with Gasteiger partial charge in [-0.05, 0) is 32.9 Å². The topological polar surface area (TPSA) is 42.3 Å². The summed E-state index contributed by atoms with van der Waals surface area (Å²) in [5, 5.41) is 12.6.